The highest BCUT2D eigenvalue weighted by atomic mass is 16.5. The van der Waals surface area contributed by atoms with Crippen molar-refractivity contribution in [1.82, 2.24) is 4.90 Å². The molecule has 0 radical (unpaired) electrons. The summed E-state index contributed by atoms with van der Waals surface area (Å²) in [5, 5.41) is 2.72. The molecule has 0 aliphatic heterocycles. The quantitative estimate of drug-likeness (QED) is 0.561. The largest absolute Gasteiger partial charge is 0.492 e. The zero-order chi connectivity index (χ0) is 18.1. The average Bonchev–Trinajstić information content (AvgIpc) is 3.09. The lowest BCUT2D eigenvalue weighted by atomic mass is 10.2. The summed E-state index contributed by atoms with van der Waals surface area (Å²) in [5.74, 6) is 0.523. The van der Waals surface area contributed by atoms with Gasteiger partial charge in [-0.25, -0.2) is 0 Å². The summed E-state index contributed by atoms with van der Waals surface area (Å²) in [6.45, 7) is 6.63. The van der Waals surface area contributed by atoms with Crippen molar-refractivity contribution in [3.63, 3.8) is 0 Å². The lowest BCUT2D eigenvalue weighted by Crippen LogP contribution is -2.33. The molecule has 0 atom stereocenters. The highest BCUT2D eigenvalue weighted by Gasteiger charge is 2.18. The summed E-state index contributed by atoms with van der Waals surface area (Å²) < 4.78 is 10.7. The Hall–Kier alpha value is -3.02. The molecule has 0 saturated heterocycles. The Labute approximate surface area is 147 Å². The minimum atomic E-state index is -0.398. The number of carbonyl (C=O) groups is 2. The van der Waals surface area contributed by atoms with Crippen molar-refractivity contribution >= 4 is 17.5 Å². The number of nitrogens with zero attached hydrogens (tertiary/aromatic N) is 1. The maximum atomic E-state index is 12.4. The van der Waals surface area contributed by atoms with Crippen molar-refractivity contribution in [2.75, 3.05) is 18.5 Å². The molecule has 25 heavy (non-hydrogen) atoms. The van der Waals surface area contributed by atoms with E-state index >= 15 is 0 Å². The van der Waals surface area contributed by atoms with Gasteiger partial charge in [-0.1, -0.05) is 18.2 Å². The maximum Gasteiger partial charge on any atom is 0.233 e. The number of ether oxygens (including phenoxy) is 1. The summed E-state index contributed by atoms with van der Waals surface area (Å²) in [4.78, 5) is 26.2. The molecule has 1 aromatic heterocycles. The highest BCUT2D eigenvalue weighted by molar-refractivity contribution is 6.04. The molecule has 132 valence electrons. The Bertz CT molecular complexity index is 710. The number of furan rings is 1. The van der Waals surface area contributed by atoms with Gasteiger partial charge in [-0.05, 0) is 31.2 Å². The molecule has 6 heteroatoms. The Kier molecular flexibility index (Phi) is 6.83. The first kappa shape index (κ1) is 18.3. The van der Waals surface area contributed by atoms with Gasteiger partial charge in [-0.2, -0.15) is 0 Å². The second kappa shape index (κ2) is 9.32. The Balaban J connectivity index is 1.98. The molecule has 1 heterocycles. The van der Waals surface area contributed by atoms with E-state index < -0.39 is 5.91 Å². The van der Waals surface area contributed by atoms with Crippen molar-refractivity contribution in [3.05, 3.63) is 61.1 Å². The van der Waals surface area contributed by atoms with Gasteiger partial charge in [0.15, 0.2) is 0 Å². The van der Waals surface area contributed by atoms with Gasteiger partial charge in [0.1, 0.15) is 17.9 Å². The van der Waals surface area contributed by atoms with Crippen molar-refractivity contribution in [3.8, 4) is 5.75 Å². The third-order valence-electron chi connectivity index (χ3n) is 3.40. The first-order valence-corrected chi connectivity index (χ1v) is 8.06. The van der Waals surface area contributed by atoms with E-state index in [9.17, 15) is 9.59 Å². The normalized spacial score (nSPS) is 10.1. The molecule has 0 fully saturated rings. The molecule has 2 amide bonds. The van der Waals surface area contributed by atoms with Gasteiger partial charge in [0.25, 0.3) is 0 Å². The predicted molar refractivity (Wildman–Crippen MR) is 95.2 cm³/mol. The van der Waals surface area contributed by atoms with Gasteiger partial charge >= 0.3 is 0 Å². The van der Waals surface area contributed by atoms with E-state index in [0.717, 1.165) is 0 Å². The standard InChI is InChI=1S/C19H22N2O4/c1-3-11-21(14-15-8-7-12-25-15)19(23)13-18(22)20-16-9-5-6-10-17(16)24-4-2/h3,5-10,12H,1,4,11,13-14H2,2H3,(H,20,22). The maximum absolute atomic E-state index is 12.4. The van der Waals surface area contributed by atoms with Crippen LogP contribution >= 0.6 is 0 Å². The fourth-order valence-electron chi connectivity index (χ4n) is 2.30. The number of hydrogen-bond acceptors (Lipinski definition) is 4. The van der Waals surface area contributed by atoms with Crippen LogP contribution in [0.25, 0.3) is 0 Å². The summed E-state index contributed by atoms with van der Waals surface area (Å²) in [5.41, 5.74) is 0.545. The number of nitrogens with one attached hydrogen (secondary N) is 1. The van der Waals surface area contributed by atoms with E-state index in [4.69, 9.17) is 9.15 Å². The van der Waals surface area contributed by atoms with Crippen LogP contribution < -0.4 is 10.1 Å². The molecule has 0 aliphatic carbocycles. The number of anilines is 1. The SMILES string of the molecule is C=CCN(Cc1ccco1)C(=O)CC(=O)Nc1ccccc1OCC. The van der Waals surface area contributed by atoms with Crippen molar-refractivity contribution in [2.24, 2.45) is 0 Å². The Morgan fingerprint density at radius 3 is 2.76 bits per heavy atom. The van der Waals surface area contributed by atoms with Crippen molar-refractivity contribution < 1.29 is 18.7 Å². The number of carbonyl (C=O) groups excluding carboxylic acids is 2. The molecule has 0 aliphatic rings. The summed E-state index contributed by atoms with van der Waals surface area (Å²) in [6.07, 6.45) is 2.89. The second-order valence-corrected chi connectivity index (χ2v) is 5.30. The number of hydrogen-bond donors (Lipinski definition) is 1. The van der Waals surface area contributed by atoms with Crippen LogP contribution in [0.2, 0.25) is 0 Å². The predicted octanol–water partition coefficient (Wildman–Crippen LogP) is 3.22. The molecule has 0 unspecified atom stereocenters. The first-order chi connectivity index (χ1) is 12.1. The number of rotatable bonds is 9. The summed E-state index contributed by atoms with van der Waals surface area (Å²) >= 11 is 0. The number of benzene rings is 1. The molecular formula is C19H22N2O4. The van der Waals surface area contributed by atoms with Gasteiger partial charge in [0.2, 0.25) is 11.8 Å². The van der Waals surface area contributed by atoms with Crippen LogP contribution in [0.1, 0.15) is 19.1 Å². The van der Waals surface area contributed by atoms with Crippen LogP contribution in [-0.2, 0) is 16.1 Å². The highest BCUT2D eigenvalue weighted by Crippen LogP contribution is 2.23. The van der Waals surface area contributed by atoms with E-state index in [1.54, 1.807) is 42.7 Å². The zero-order valence-corrected chi connectivity index (χ0v) is 14.2. The second-order valence-electron chi connectivity index (χ2n) is 5.30. The fraction of sp³-hybridized carbons (Fsp3) is 0.263. The molecule has 0 saturated carbocycles. The average molecular weight is 342 g/mol. The van der Waals surface area contributed by atoms with E-state index in [1.165, 1.54) is 4.90 Å². The summed E-state index contributed by atoms with van der Waals surface area (Å²) in [6, 6.07) is 10.6. The van der Waals surface area contributed by atoms with Gasteiger partial charge < -0.3 is 19.4 Å². The third-order valence-corrected chi connectivity index (χ3v) is 3.40. The molecule has 0 spiro atoms. The molecule has 6 nitrogen and oxygen atoms in total. The number of para-hydroxylation sites is 2. The van der Waals surface area contributed by atoms with Crippen LogP contribution in [0.15, 0.2) is 59.7 Å². The Morgan fingerprint density at radius 1 is 1.28 bits per heavy atom. The Morgan fingerprint density at radius 2 is 2.08 bits per heavy atom. The van der Waals surface area contributed by atoms with E-state index in [-0.39, 0.29) is 12.3 Å². The molecule has 1 aromatic carbocycles. The van der Waals surface area contributed by atoms with Crippen molar-refractivity contribution in [2.45, 2.75) is 19.9 Å². The lowest BCUT2D eigenvalue weighted by molar-refractivity contribution is -0.134. The number of amides is 2. The van der Waals surface area contributed by atoms with Crippen LogP contribution in [0, 0.1) is 0 Å². The van der Waals surface area contributed by atoms with Gasteiger partial charge in [0.05, 0.1) is 25.1 Å². The molecule has 2 rings (SSSR count). The smallest absolute Gasteiger partial charge is 0.233 e. The molecule has 0 bridgehead atoms. The van der Waals surface area contributed by atoms with Crippen molar-refractivity contribution in [1.29, 1.82) is 0 Å². The minimum Gasteiger partial charge on any atom is -0.492 e. The fourth-order valence-corrected chi connectivity index (χ4v) is 2.30. The topological polar surface area (TPSA) is 71.8 Å². The molecule has 2 aromatic rings. The zero-order valence-electron chi connectivity index (χ0n) is 14.2. The van der Waals surface area contributed by atoms with Crippen LogP contribution in [-0.4, -0.2) is 29.9 Å². The van der Waals surface area contributed by atoms with E-state index in [0.29, 0.717) is 36.9 Å². The van der Waals surface area contributed by atoms with Gasteiger partial charge in [-0.3, -0.25) is 9.59 Å². The van der Waals surface area contributed by atoms with E-state index in [1.807, 2.05) is 13.0 Å². The first-order valence-electron chi connectivity index (χ1n) is 8.06. The third kappa shape index (κ3) is 5.53. The van der Waals surface area contributed by atoms with Gasteiger partial charge in [0, 0.05) is 6.54 Å². The lowest BCUT2D eigenvalue weighted by Gasteiger charge is -2.20. The monoisotopic (exact) mass is 342 g/mol. The van der Waals surface area contributed by atoms with Crippen LogP contribution in [0.4, 0.5) is 5.69 Å². The molecule has 1 N–H and O–H groups in total. The van der Waals surface area contributed by atoms with Crippen LogP contribution in [0.5, 0.6) is 5.75 Å². The van der Waals surface area contributed by atoms with E-state index in [2.05, 4.69) is 11.9 Å². The van der Waals surface area contributed by atoms with Gasteiger partial charge in [-0.15, -0.1) is 6.58 Å². The minimum absolute atomic E-state index is 0.269. The van der Waals surface area contributed by atoms with Crippen LogP contribution in [0.3, 0.4) is 0 Å². The summed E-state index contributed by atoms with van der Waals surface area (Å²) in [7, 11) is 0. The molecular weight excluding hydrogens is 320 g/mol.